The molecular formula is C22H27ClN6O3. The average molecular weight is 459 g/mol. The van der Waals surface area contributed by atoms with Gasteiger partial charge in [-0.05, 0) is 18.6 Å². The van der Waals surface area contributed by atoms with Gasteiger partial charge >= 0.3 is 0 Å². The summed E-state index contributed by atoms with van der Waals surface area (Å²) in [4.78, 5) is 17.1. The fourth-order valence-corrected chi connectivity index (χ4v) is 4.76. The maximum Gasteiger partial charge on any atom is 0.242 e. The van der Waals surface area contributed by atoms with E-state index in [1.165, 1.54) is 0 Å². The maximum absolute atomic E-state index is 13.0. The van der Waals surface area contributed by atoms with Crippen LogP contribution in [0.1, 0.15) is 19.3 Å². The number of likely N-dealkylation sites (tertiary alicyclic amines) is 1. The SMILES string of the molecule is COc1ccc(N2CCC3(CN(C(=O)CN4CCOC5=C4C/C=C\C/C(Cl)=C\5)C3)N2)nn1. The fourth-order valence-electron chi connectivity index (χ4n) is 4.58. The molecule has 4 aliphatic rings. The van der Waals surface area contributed by atoms with Crippen LogP contribution in [0.15, 0.2) is 46.8 Å². The van der Waals surface area contributed by atoms with Gasteiger partial charge < -0.3 is 19.3 Å². The average Bonchev–Trinajstić information content (AvgIpc) is 3.21. The smallest absolute Gasteiger partial charge is 0.242 e. The molecule has 10 heteroatoms. The second kappa shape index (κ2) is 8.63. The summed E-state index contributed by atoms with van der Waals surface area (Å²) in [5.74, 6) is 2.16. The van der Waals surface area contributed by atoms with Crippen molar-refractivity contribution >= 4 is 23.3 Å². The van der Waals surface area contributed by atoms with Crippen LogP contribution < -0.4 is 15.2 Å². The molecule has 2 fully saturated rings. The number of aromatic nitrogens is 2. The quantitative estimate of drug-likeness (QED) is 0.684. The van der Waals surface area contributed by atoms with E-state index < -0.39 is 0 Å². The molecule has 0 aromatic carbocycles. The first-order valence-electron chi connectivity index (χ1n) is 10.9. The molecule has 32 heavy (non-hydrogen) atoms. The van der Waals surface area contributed by atoms with E-state index in [1.807, 2.05) is 22.1 Å². The second-order valence-corrected chi connectivity index (χ2v) is 9.01. The Balaban J connectivity index is 1.19. The van der Waals surface area contributed by atoms with Gasteiger partial charge in [0.2, 0.25) is 11.8 Å². The Labute approximate surface area is 192 Å². The van der Waals surface area contributed by atoms with Crippen molar-refractivity contribution in [2.45, 2.75) is 24.8 Å². The Morgan fingerprint density at radius 3 is 2.88 bits per heavy atom. The van der Waals surface area contributed by atoms with Crippen LogP contribution in [-0.2, 0) is 9.53 Å². The summed E-state index contributed by atoms with van der Waals surface area (Å²) in [5.41, 5.74) is 4.47. The van der Waals surface area contributed by atoms with E-state index in [-0.39, 0.29) is 11.4 Å². The molecule has 1 N–H and O–H groups in total. The first kappa shape index (κ1) is 21.1. The molecule has 2 saturated heterocycles. The van der Waals surface area contributed by atoms with Crippen molar-refractivity contribution in [3.8, 4) is 5.88 Å². The molecule has 0 radical (unpaired) electrons. The zero-order valence-corrected chi connectivity index (χ0v) is 18.8. The van der Waals surface area contributed by atoms with E-state index in [4.69, 9.17) is 21.1 Å². The van der Waals surface area contributed by atoms with Gasteiger partial charge in [0.1, 0.15) is 12.4 Å². The molecule has 1 amide bonds. The Hall–Kier alpha value is -2.78. The zero-order valence-electron chi connectivity index (χ0n) is 18.1. The minimum absolute atomic E-state index is 0.0913. The number of ether oxygens (including phenoxy) is 2. The molecule has 3 aliphatic heterocycles. The number of halogens is 1. The molecule has 1 spiro atoms. The van der Waals surface area contributed by atoms with Gasteiger partial charge in [-0.2, -0.15) is 0 Å². The lowest BCUT2D eigenvalue weighted by Crippen LogP contribution is -2.70. The van der Waals surface area contributed by atoms with Crippen LogP contribution in [-0.4, -0.2) is 77.9 Å². The van der Waals surface area contributed by atoms with Crippen LogP contribution in [0, 0.1) is 0 Å². The number of amides is 1. The van der Waals surface area contributed by atoms with E-state index in [1.54, 1.807) is 13.2 Å². The second-order valence-electron chi connectivity index (χ2n) is 8.53. The van der Waals surface area contributed by atoms with Crippen molar-refractivity contribution in [1.82, 2.24) is 25.4 Å². The molecule has 5 rings (SSSR count). The van der Waals surface area contributed by atoms with Crippen molar-refractivity contribution in [2.75, 3.05) is 51.4 Å². The van der Waals surface area contributed by atoms with Gasteiger partial charge in [-0.15, -0.1) is 10.2 Å². The van der Waals surface area contributed by atoms with Crippen molar-refractivity contribution in [3.63, 3.8) is 0 Å². The minimum atomic E-state index is -0.0913. The van der Waals surface area contributed by atoms with E-state index in [2.05, 4.69) is 32.7 Å². The predicted octanol–water partition coefficient (Wildman–Crippen LogP) is 1.80. The van der Waals surface area contributed by atoms with Gasteiger partial charge in [0.05, 0.1) is 31.4 Å². The predicted molar refractivity (Wildman–Crippen MR) is 120 cm³/mol. The summed E-state index contributed by atoms with van der Waals surface area (Å²) in [7, 11) is 1.57. The highest BCUT2D eigenvalue weighted by molar-refractivity contribution is 6.29. The highest BCUT2D eigenvalue weighted by Crippen LogP contribution is 2.32. The summed E-state index contributed by atoms with van der Waals surface area (Å²) in [6, 6.07) is 3.68. The Bertz CT molecular complexity index is 970. The first-order chi connectivity index (χ1) is 15.5. The van der Waals surface area contributed by atoms with Gasteiger partial charge in [0, 0.05) is 43.6 Å². The first-order valence-corrected chi connectivity index (χ1v) is 11.3. The summed E-state index contributed by atoms with van der Waals surface area (Å²) in [6.07, 6.45) is 8.44. The molecule has 0 bridgehead atoms. The lowest BCUT2D eigenvalue weighted by Gasteiger charge is -2.48. The van der Waals surface area contributed by atoms with Gasteiger partial charge in [-0.1, -0.05) is 23.8 Å². The number of carbonyl (C=O) groups is 1. The van der Waals surface area contributed by atoms with Crippen LogP contribution in [0.2, 0.25) is 0 Å². The molecule has 1 aromatic rings. The van der Waals surface area contributed by atoms with Gasteiger partial charge in [0.25, 0.3) is 0 Å². The highest BCUT2D eigenvalue weighted by Gasteiger charge is 2.49. The van der Waals surface area contributed by atoms with Crippen LogP contribution in [0.5, 0.6) is 5.88 Å². The number of hydrazine groups is 1. The van der Waals surface area contributed by atoms with Crippen molar-refractivity contribution < 1.29 is 14.3 Å². The summed E-state index contributed by atoms with van der Waals surface area (Å²) in [5, 5.41) is 11.0. The number of nitrogens with one attached hydrogen (secondary N) is 1. The third-order valence-electron chi connectivity index (χ3n) is 6.33. The van der Waals surface area contributed by atoms with E-state index in [0.717, 1.165) is 41.7 Å². The topological polar surface area (TPSA) is 83.1 Å². The Morgan fingerprint density at radius 2 is 2.09 bits per heavy atom. The third-order valence-corrected chi connectivity index (χ3v) is 6.59. The molecule has 9 nitrogen and oxygen atoms in total. The molecule has 4 heterocycles. The van der Waals surface area contributed by atoms with Crippen LogP contribution >= 0.6 is 11.6 Å². The van der Waals surface area contributed by atoms with Crippen LogP contribution in [0.4, 0.5) is 5.82 Å². The normalized spacial score (nSPS) is 24.7. The summed E-state index contributed by atoms with van der Waals surface area (Å²) in [6.45, 7) is 3.81. The Kier molecular flexibility index (Phi) is 5.69. The maximum atomic E-state index is 13.0. The van der Waals surface area contributed by atoms with Crippen LogP contribution in [0.25, 0.3) is 0 Å². The summed E-state index contributed by atoms with van der Waals surface area (Å²) >= 11 is 6.27. The Morgan fingerprint density at radius 1 is 1.25 bits per heavy atom. The van der Waals surface area contributed by atoms with Crippen molar-refractivity contribution in [2.24, 2.45) is 0 Å². The number of methoxy groups -OCH3 is 1. The van der Waals surface area contributed by atoms with E-state index in [9.17, 15) is 4.79 Å². The number of hydrogen-bond donors (Lipinski definition) is 1. The van der Waals surface area contributed by atoms with E-state index >= 15 is 0 Å². The monoisotopic (exact) mass is 458 g/mol. The number of nitrogens with zero attached hydrogens (tertiary/aromatic N) is 5. The van der Waals surface area contributed by atoms with Gasteiger partial charge in [-0.3, -0.25) is 9.80 Å². The number of carbonyl (C=O) groups excluding carboxylic acids is 1. The lowest BCUT2D eigenvalue weighted by molar-refractivity contribution is -0.140. The molecular weight excluding hydrogens is 432 g/mol. The molecule has 0 unspecified atom stereocenters. The third kappa shape index (κ3) is 4.14. The van der Waals surface area contributed by atoms with Crippen molar-refractivity contribution in [1.29, 1.82) is 0 Å². The fraction of sp³-hybridized carbons (Fsp3) is 0.500. The molecule has 1 aromatic heterocycles. The molecule has 0 atom stereocenters. The number of allylic oxidation sites excluding steroid dienone is 4. The van der Waals surface area contributed by atoms with Gasteiger partial charge in [-0.25, -0.2) is 5.43 Å². The number of anilines is 1. The lowest BCUT2D eigenvalue weighted by atomic mass is 9.88. The van der Waals surface area contributed by atoms with E-state index in [0.29, 0.717) is 45.1 Å². The zero-order chi connectivity index (χ0) is 22.1. The molecule has 1 aliphatic carbocycles. The standard InChI is InChI=1S/C22H27ClN6O3/c1-31-20-7-6-19(24-25-20)29-9-8-22(26-29)14-28(15-22)21(30)13-27-10-11-32-18-12-16(23)4-2-3-5-17(18)27/h2-3,6-7,12,26H,4-5,8-11,13-15H2,1H3/b3-2-,16-12+. The van der Waals surface area contributed by atoms with Gasteiger partial charge in [0.15, 0.2) is 5.82 Å². The molecule has 0 saturated carbocycles. The minimum Gasteiger partial charge on any atom is -0.490 e. The van der Waals surface area contributed by atoms with Crippen molar-refractivity contribution in [3.05, 3.63) is 46.8 Å². The largest absolute Gasteiger partial charge is 0.490 e. The molecule has 170 valence electrons. The van der Waals surface area contributed by atoms with Crippen LogP contribution in [0.3, 0.4) is 0 Å². The summed E-state index contributed by atoms with van der Waals surface area (Å²) < 4.78 is 10.9. The highest BCUT2D eigenvalue weighted by atomic mass is 35.5. The number of hydrogen-bond acceptors (Lipinski definition) is 8. The number of rotatable bonds is 4.